The van der Waals surface area contributed by atoms with E-state index >= 15 is 0 Å². The van der Waals surface area contributed by atoms with Gasteiger partial charge in [-0.3, -0.25) is 0 Å². The molecule has 0 saturated heterocycles. The Hall–Kier alpha value is -0.0400. The molecule has 0 heterocycles. The Balaban J connectivity index is 2.05. The summed E-state index contributed by atoms with van der Waals surface area (Å²) in [4.78, 5) is 0. The summed E-state index contributed by atoms with van der Waals surface area (Å²) in [6, 6.07) is 0. The zero-order valence-corrected chi connectivity index (χ0v) is 12.1. The molecule has 6 unspecified atom stereocenters. The van der Waals surface area contributed by atoms with Crippen LogP contribution in [0.5, 0.6) is 0 Å². The molecule has 1 nitrogen and oxygen atoms in total. The van der Waals surface area contributed by atoms with Crippen LogP contribution in [0.3, 0.4) is 0 Å². The molecule has 6 atom stereocenters. The third kappa shape index (κ3) is 2.54. The van der Waals surface area contributed by atoms with Crippen molar-refractivity contribution in [3.8, 4) is 0 Å². The second-order valence-corrected chi connectivity index (χ2v) is 7.24. The fourth-order valence-electron chi connectivity index (χ4n) is 4.26. The van der Waals surface area contributed by atoms with Gasteiger partial charge in [0.05, 0.1) is 5.60 Å². The van der Waals surface area contributed by atoms with Crippen LogP contribution in [0.15, 0.2) is 0 Å². The molecule has 1 heteroatoms. The van der Waals surface area contributed by atoms with E-state index in [4.69, 9.17) is 0 Å². The maximum absolute atomic E-state index is 11.1. The van der Waals surface area contributed by atoms with Crippen molar-refractivity contribution in [3.63, 3.8) is 0 Å². The molecule has 2 aliphatic rings. The third-order valence-corrected chi connectivity index (χ3v) is 5.95. The third-order valence-electron chi connectivity index (χ3n) is 5.95. The summed E-state index contributed by atoms with van der Waals surface area (Å²) < 4.78 is 0. The van der Waals surface area contributed by atoms with Crippen LogP contribution < -0.4 is 0 Å². The van der Waals surface area contributed by atoms with Crippen LogP contribution in [0.2, 0.25) is 0 Å². The Kier molecular flexibility index (Phi) is 3.87. The predicted octanol–water partition coefficient (Wildman–Crippen LogP) is 4.25. The molecule has 1 N–H and O–H groups in total. The Morgan fingerprint density at radius 3 is 2.18 bits per heavy atom. The summed E-state index contributed by atoms with van der Waals surface area (Å²) in [7, 11) is 0. The van der Waals surface area contributed by atoms with Crippen LogP contribution in [0.25, 0.3) is 0 Å². The molecule has 0 bridgehead atoms. The van der Waals surface area contributed by atoms with E-state index < -0.39 is 0 Å². The van der Waals surface area contributed by atoms with Gasteiger partial charge in [-0.15, -0.1) is 0 Å². The fourth-order valence-corrected chi connectivity index (χ4v) is 4.26. The molecule has 0 amide bonds. The van der Waals surface area contributed by atoms with Gasteiger partial charge in [-0.1, -0.05) is 34.1 Å². The van der Waals surface area contributed by atoms with Gasteiger partial charge in [0, 0.05) is 0 Å². The Morgan fingerprint density at radius 2 is 1.59 bits per heavy atom. The van der Waals surface area contributed by atoms with Gasteiger partial charge in [0.25, 0.3) is 0 Å². The number of rotatable bonds is 1. The molecule has 0 aromatic carbocycles. The number of hydrogen-bond donors (Lipinski definition) is 1. The van der Waals surface area contributed by atoms with E-state index in [0.717, 1.165) is 24.2 Å². The van der Waals surface area contributed by atoms with Gasteiger partial charge >= 0.3 is 0 Å². The van der Waals surface area contributed by atoms with E-state index in [-0.39, 0.29) is 5.60 Å². The lowest BCUT2D eigenvalue weighted by Gasteiger charge is -2.49. The molecule has 2 rings (SSSR count). The minimum absolute atomic E-state index is 0.346. The molecule has 2 saturated carbocycles. The summed E-state index contributed by atoms with van der Waals surface area (Å²) >= 11 is 0. The Labute approximate surface area is 107 Å². The number of hydrogen-bond acceptors (Lipinski definition) is 1. The highest BCUT2D eigenvalue weighted by Gasteiger charge is 2.46. The fraction of sp³-hybridized carbons (Fsp3) is 1.00. The maximum Gasteiger partial charge on any atom is 0.0701 e. The molecule has 0 aromatic rings. The quantitative estimate of drug-likeness (QED) is 0.724. The van der Waals surface area contributed by atoms with Gasteiger partial charge in [0.15, 0.2) is 0 Å². The SMILES string of the molecule is CC1CCC(O)(C2CCC(C)C(C)C2)C(C)C1. The van der Waals surface area contributed by atoms with Crippen LogP contribution in [-0.2, 0) is 0 Å². The lowest BCUT2D eigenvalue weighted by molar-refractivity contribution is -0.116. The van der Waals surface area contributed by atoms with E-state index in [0.29, 0.717) is 11.8 Å². The zero-order valence-electron chi connectivity index (χ0n) is 12.1. The monoisotopic (exact) mass is 238 g/mol. The van der Waals surface area contributed by atoms with Crippen molar-refractivity contribution in [1.82, 2.24) is 0 Å². The first-order valence-corrected chi connectivity index (χ1v) is 7.65. The molecular formula is C16H30O. The van der Waals surface area contributed by atoms with Crippen LogP contribution in [0.1, 0.15) is 66.2 Å². The van der Waals surface area contributed by atoms with Gasteiger partial charge in [-0.2, -0.15) is 0 Å². The second kappa shape index (κ2) is 4.91. The summed E-state index contributed by atoms with van der Waals surface area (Å²) in [5, 5.41) is 11.1. The highest BCUT2D eigenvalue weighted by atomic mass is 16.3. The van der Waals surface area contributed by atoms with Crippen molar-refractivity contribution >= 4 is 0 Å². The zero-order chi connectivity index (χ0) is 12.6. The lowest BCUT2D eigenvalue weighted by atomic mass is 9.60. The van der Waals surface area contributed by atoms with Gasteiger partial charge in [0.2, 0.25) is 0 Å². The largest absolute Gasteiger partial charge is 0.389 e. The first-order valence-electron chi connectivity index (χ1n) is 7.65. The topological polar surface area (TPSA) is 20.2 Å². The van der Waals surface area contributed by atoms with E-state index in [1.165, 1.54) is 32.1 Å². The first-order chi connectivity index (χ1) is 7.93. The van der Waals surface area contributed by atoms with Crippen molar-refractivity contribution in [2.24, 2.45) is 29.6 Å². The van der Waals surface area contributed by atoms with Crippen molar-refractivity contribution in [2.75, 3.05) is 0 Å². The predicted molar refractivity (Wildman–Crippen MR) is 72.8 cm³/mol. The van der Waals surface area contributed by atoms with Gasteiger partial charge in [0.1, 0.15) is 0 Å². The van der Waals surface area contributed by atoms with Crippen LogP contribution in [0.4, 0.5) is 0 Å². The van der Waals surface area contributed by atoms with Gasteiger partial charge < -0.3 is 5.11 Å². The van der Waals surface area contributed by atoms with Crippen molar-refractivity contribution in [3.05, 3.63) is 0 Å². The Morgan fingerprint density at radius 1 is 0.882 bits per heavy atom. The summed E-state index contributed by atoms with van der Waals surface area (Å²) in [5.41, 5.74) is -0.346. The van der Waals surface area contributed by atoms with Crippen LogP contribution in [-0.4, -0.2) is 10.7 Å². The summed E-state index contributed by atoms with van der Waals surface area (Å²) in [6.07, 6.45) is 7.30. The smallest absolute Gasteiger partial charge is 0.0701 e. The van der Waals surface area contributed by atoms with E-state index in [1.807, 2.05) is 0 Å². The van der Waals surface area contributed by atoms with E-state index in [9.17, 15) is 5.11 Å². The average Bonchev–Trinajstić information content (AvgIpc) is 2.28. The van der Waals surface area contributed by atoms with Gasteiger partial charge in [-0.25, -0.2) is 0 Å². The Bertz CT molecular complexity index is 262. The summed E-state index contributed by atoms with van der Waals surface area (Å²) in [5.74, 6) is 3.52. The van der Waals surface area contributed by atoms with Crippen molar-refractivity contribution in [2.45, 2.75) is 71.8 Å². The van der Waals surface area contributed by atoms with Crippen LogP contribution >= 0.6 is 0 Å². The minimum atomic E-state index is -0.346. The first kappa shape index (κ1) is 13.4. The minimum Gasteiger partial charge on any atom is -0.389 e. The molecule has 2 fully saturated rings. The summed E-state index contributed by atoms with van der Waals surface area (Å²) in [6.45, 7) is 9.35. The molecule has 100 valence electrons. The molecule has 0 aromatic heterocycles. The van der Waals surface area contributed by atoms with Crippen molar-refractivity contribution in [1.29, 1.82) is 0 Å². The van der Waals surface area contributed by atoms with E-state index in [2.05, 4.69) is 27.7 Å². The average molecular weight is 238 g/mol. The van der Waals surface area contributed by atoms with Crippen LogP contribution in [0, 0.1) is 29.6 Å². The lowest BCUT2D eigenvalue weighted by Crippen LogP contribution is -2.49. The molecule has 0 spiro atoms. The molecular weight excluding hydrogens is 208 g/mol. The van der Waals surface area contributed by atoms with Gasteiger partial charge in [-0.05, 0) is 61.7 Å². The number of aliphatic hydroxyl groups is 1. The molecule has 2 aliphatic carbocycles. The van der Waals surface area contributed by atoms with E-state index in [1.54, 1.807) is 0 Å². The highest BCUT2D eigenvalue weighted by molar-refractivity contribution is 4.97. The molecule has 0 radical (unpaired) electrons. The van der Waals surface area contributed by atoms with Crippen molar-refractivity contribution < 1.29 is 5.11 Å². The standard InChI is InChI=1S/C16H30O/c1-11-7-8-16(17,14(4)9-11)15-6-5-12(2)13(3)10-15/h11-15,17H,5-10H2,1-4H3. The highest BCUT2D eigenvalue weighted by Crippen LogP contribution is 2.48. The molecule has 17 heavy (non-hydrogen) atoms. The molecule has 0 aliphatic heterocycles. The maximum atomic E-state index is 11.1. The normalized spacial score (nSPS) is 52.4. The second-order valence-electron chi connectivity index (χ2n) is 7.24.